The van der Waals surface area contributed by atoms with Gasteiger partial charge in [-0.2, -0.15) is 5.10 Å². The highest BCUT2D eigenvalue weighted by atomic mass is 19.1. The van der Waals surface area contributed by atoms with Crippen LogP contribution in [0.25, 0.3) is 16.6 Å². The van der Waals surface area contributed by atoms with Crippen LogP contribution in [0, 0.1) is 5.82 Å². The summed E-state index contributed by atoms with van der Waals surface area (Å²) in [5.74, 6) is 0.242. The second kappa shape index (κ2) is 8.58. The van der Waals surface area contributed by atoms with E-state index in [0.29, 0.717) is 28.0 Å². The number of nitrogens with zero attached hydrogens (tertiary/aromatic N) is 4. The average Bonchev–Trinajstić information content (AvgIpc) is 2.79. The van der Waals surface area contributed by atoms with Crippen LogP contribution in [0.1, 0.15) is 5.69 Å². The molecule has 0 saturated heterocycles. The zero-order valence-electron chi connectivity index (χ0n) is 16.6. The zero-order chi connectivity index (χ0) is 21.8. The van der Waals surface area contributed by atoms with Crippen molar-refractivity contribution in [2.24, 2.45) is 10.7 Å². The van der Waals surface area contributed by atoms with Crippen LogP contribution in [0.4, 0.5) is 10.1 Å². The lowest BCUT2D eigenvalue weighted by atomic mass is 10.1. The van der Waals surface area contributed by atoms with Crippen LogP contribution in [0.2, 0.25) is 0 Å². The summed E-state index contributed by atoms with van der Waals surface area (Å²) in [6.07, 6.45) is 5.87. The minimum Gasteiger partial charge on any atom is -0.497 e. The molecule has 0 unspecified atom stereocenters. The molecule has 0 aliphatic rings. The van der Waals surface area contributed by atoms with Gasteiger partial charge in [-0.15, -0.1) is 0 Å². The summed E-state index contributed by atoms with van der Waals surface area (Å²) in [7, 11) is 1.57. The van der Waals surface area contributed by atoms with E-state index < -0.39 is 5.82 Å². The molecule has 2 aromatic carbocycles. The Labute approximate surface area is 177 Å². The van der Waals surface area contributed by atoms with Gasteiger partial charge in [0.05, 0.1) is 29.7 Å². The molecule has 0 fully saturated rings. The molecule has 31 heavy (non-hydrogen) atoms. The third-order valence-electron chi connectivity index (χ3n) is 4.54. The lowest BCUT2D eigenvalue weighted by molar-refractivity contribution is 0.414. The Morgan fingerprint density at radius 1 is 1.19 bits per heavy atom. The number of aromatic nitrogens is 3. The summed E-state index contributed by atoms with van der Waals surface area (Å²) in [5, 5.41) is 4.96. The van der Waals surface area contributed by atoms with Gasteiger partial charge in [-0.3, -0.25) is 9.78 Å². The fourth-order valence-electron chi connectivity index (χ4n) is 3.07. The van der Waals surface area contributed by atoms with Crippen molar-refractivity contribution in [3.63, 3.8) is 0 Å². The Balaban J connectivity index is 1.88. The molecule has 2 heterocycles. The van der Waals surface area contributed by atoms with Crippen LogP contribution >= 0.6 is 0 Å². The number of ether oxygens (including phenoxy) is 1. The van der Waals surface area contributed by atoms with Gasteiger partial charge in [0, 0.05) is 29.9 Å². The number of nitrogens with two attached hydrogens (primary N) is 1. The summed E-state index contributed by atoms with van der Waals surface area (Å²) >= 11 is 0. The summed E-state index contributed by atoms with van der Waals surface area (Å²) in [6.45, 7) is 0. The number of benzene rings is 2. The second-order valence-electron chi connectivity index (χ2n) is 6.52. The molecule has 8 heteroatoms. The number of hydrogen-bond donors (Lipinski definition) is 1. The molecular formula is C23H18FN5O2. The minimum absolute atomic E-state index is 0.0911. The van der Waals surface area contributed by atoms with Crippen LogP contribution in [0.15, 0.2) is 89.1 Å². The first kappa shape index (κ1) is 20.0. The number of halogens is 1. The zero-order valence-corrected chi connectivity index (χ0v) is 16.6. The van der Waals surface area contributed by atoms with E-state index in [-0.39, 0.29) is 16.8 Å². The van der Waals surface area contributed by atoms with Gasteiger partial charge in [0.1, 0.15) is 11.6 Å². The smallest absolute Gasteiger partial charge is 0.209 e. The Hall–Kier alpha value is -4.33. The lowest BCUT2D eigenvalue weighted by Gasteiger charge is -2.09. The van der Waals surface area contributed by atoms with Crippen molar-refractivity contribution in [2.45, 2.75) is 0 Å². The molecule has 2 N–H and O–H groups in total. The second-order valence-corrected chi connectivity index (χ2v) is 6.52. The fourth-order valence-corrected chi connectivity index (χ4v) is 3.07. The van der Waals surface area contributed by atoms with E-state index in [9.17, 15) is 9.18 Å². The third-order valence-corrected chi connectivity index (χ3v) is 4.54. The van der Waals surface area contributed by atoms with Gasteiger partial charge in [0.2, 0.25) is 5.43 Å². The maximum Gasteiger partial charge on any atom is 0.209 e. The molecule has 0 aliphatic heterocycles. The van der Waals surface area contributed by atoms with Gasteiger partial charge in [-0.05, 0) is 48.7 Å². The summed E-state index contributed by atoms with van der Waals surface area (Å²) < 4.78 is 20.6. The first-order valence-electron chi connectivity index (χ1n) is 9.35. The highest BCUT2D eigenvalue weighted by Gasteiger charge is 2.12. The highest BCUT2D eigenvalue weighted by molar-refractivity contribution is 6.09. The van der Waals surface area contributed by atoms with E-state index in [2.05, 4.69) is 15.1 Å². The van der Waals surface area contributed by atoms with E-state index in [0.717, 1.165) is 0 Å². The van der Waals surface area contributed by atoms with Crippen LogP contribution in [-0.4, -0.2) is 27.6 Å². The summed E-state index contributed by atoms with van der Waals surface area (Å²) in [4.78, 5) is 21.4. The van der Waals surface area contributed by atoms with Crippen molar-refractivity contribution in [3.05, 3.63) is 101 Å². The van der Waals surface area contributed by atoms with E-state index >= 15 is 0 Å². The van der Waals surface area contributed by atoms with Gasteiger partial charge in [0.25, 0.3) is 0 Å². The van der Waals surface area contributed by atoms with Gasteiger partial charge in [0.15, 0.2) is 5.69 Å². The van der Waals surface area contributed by atoms with E-state index in [1.165, 1.54) is 30.5 Å². The predicted molar refractivity (Wildman–Crippen MR) is 118 cm³/mol. The topological polar surface area (TPSA) is 95.4 Å². The van der Waals surface area contributed by atoms with Crippen molar-refractivity contribution >= 4 is 22.3 Å². The third kappa shape index (κ3) is 4.18. The number of pyridine rings is 1. The molecular weight excluding hydrogens is 397 g/mol. The average molecular weight is 415 g/mol. The van der Waals surface area contributed by atoms with Gasteiger partial charge in [-0.1, -0.05) is 6.07 Å². The van der Waals surface area contributed by atoms with Gasteiger partial charge < -0.3 is 10.5 Å². The van der Waals surface area contributed by atoms with Crippen molar-refractivity contribution in [3.8, 4) is 11.4 Å². The Morgan fingerprint density at radius 2 is 2.06 bits per heavy atom. The molecule has 0 radical (unpaired) electrons. The number of rotatable bonds is 5. The molecule has 2 aromatic heterocycles. The number of aliphatic imine (C=N–C) groups is 1. The Kier molecular flexibility index (Phi) is 5.53. The molecule has 0 saturated carbocycles. The Bertz CT molecular complexity index is 1380. The first-order valence-corrected chi connectivity index (χ1v) is 9.35. The molecule has 154 valence electrons. The number of methoxy groups -OCH3 is 1. The SMILES string of the molecule is COc1cccc(-n2ccc(=O)c(C(C=CN)=Nc3ccnc4ccc(F)cc34)n2)c1. The molecule has 4 rings (SSSR count). The predicted octanol–water partition coefficient (Wildman–Crippen LogP) is 3.52. The summed E-state index contributed by atoms with van der Waals surface area (Å²) in [6, 6.07) is 14.5. The lowest BCUT2D eigenvalue weighted by Crippen LogP contribution is -2.20. The van der Waals surface area contributed by atoms with Crippen LogP contribution in [0.3, 0.4) is 0 Å². The van der Waals surface area contributed by atoms with Crippen molar-refractivity contribution < 1.29 is 9.13 Å². The number of fused-ring (bicyclic) bond motifs is 1. The number of hydrogen-bond acceptors (Lipinski definition) is 6. The number of allylic oxidation sites excluding steroid dienone is 1. The fraction of sp³-hybridized carbons (Fsp3) is 0.0435. The minimum atomic E-state index is -0.411. The van der Waals surface area contributed by atoms with Gasteiger partial charge in [-0.25, -0.2) is 14.1 Å². The quantitative estimate of drug-likeness (QED) is 0.503. The highest BCUT2D eigenvalue weighted by Crippen LogP contribution is 2.25. The van der Waals surface area contributed by atoms with Crippen molar-refractivity contribution in [2.75, 3.05) is 7.11 Å². The molecule has 0 bridgehead atoms. The maximum atomic E-state index is 13.8. The monoisotopic (exact) mass is 415 g/mol. The van der Waals surface area contributed by atoms with Gasteiger partial charge >= 0.3 is 0 Å². The molecule has 0 aliphatic carbocycles. The first-order chi connectivity index (χ1) is 15.1. The van der Waals surface area contributed by atoms with E-state index in [1.54, 1.807) is 42.4 Å². The normalized spacial score (nSPS) is 11.9. The summed E-state index contributed by atoms with van der Waals surface area (Å²) in [5.41, 5.74) is 7.32. The maximum absolute atomic E-state index is 13.8. The molecule has 7 nitrogen and oxygen atoms in total. The molecule has 0 atom stereocenters. The van der Waals surface area contributed by atoms with Crippen LogP contribution in [-0.2, 0) is 0 Å². The molecule has 0 amide bonds. The van der Waals surface area contributed by atoms with E-state index in [1.807, 2.05) is 18.2 Å². The van der Waals surface area contributed by atoms with Crippen LogP contribution < -0.4 is 15.9 Å². The van der Waals surface area contributed by atoms with E-state index in [4.69, 9.17) is 10.5 Å². The molecule has 4 aromatic rings. The van der Waals surface area contributed by atoms with Crippen molar-refractivity contribution in [1.29, 1.82) is 0 Å². The largest absolute Gasteiger partial charge is 0.497 e. The Morgan fingerprint density at radius 3 is 2.87 bits per heavy atom. The standard InChI is InChI=1S/C23H18FN5O2/c1-31-17-4-2-3-16(14-17)29-12-9-22(30)23(28-29)21(7-10-25)27-20-8-11-26-19-6-5-15(24)13-18(19)20/h2-14H,25H2,1H3. The molecule has 0 spiro atoms. The van der Waals surface area contributed by atoms with Crippen molar-refractivity contribution in [1.82, 2.24) is 14.8 Å². The van der Waals surface area contributed by atoms with Crippen LogP contribution in [0.5, 0.6) is 5.75 Å².